The molecule has 1 aliphatic rings. The summed E-state index contributed by atoms with van der Waals surface area (Å²) in [6.07, 6.45) is 0.674. The first-order valence-corrected chi connectivity index (χ1v) is 6.45. The smallest absolute Gasteiger partial charge is 0.0931 e. The van der Waals surface area contributed by atoms with E-state index in [9.17, 15) is 0 Å². The first-order valence-electron chi connectivity index (χ1n) is 5.25. The van der Waals surface area contributed by atoms with Gasteiger partial charge in [0.05, 0.1) is 16.5 Å². The SMILES string of the molecule is CC1CN(Cc2ccc(Cl)s2)CC(C)O1. The number of halogens is 1. The summed E-state index contributed by atoms with van der Waals surface area (Å²) in [5, 5.41) is 0. The quantitative estimate of drug-likeness (QED) is 0.794. The van der Waals surface area contributed by atoms with Gasteiger partial charge in [-0.05, 0) is 26.0 Å². The molecule has 1 saturated heterocycles. The second kappa shape index (κ2) is 4.83. The Morgan fingerprint density at radius 1 is 1.40 bits per heavy atom. The number of hydrogen-bond donors (Lipinski definition) is 0. The highest BCUT2D eigenvalue weighted by molar-refractivity contribution is 7.16. The molecule has 0 amide bonds. The van der Waals surface area contributed by atoms with Gasteiger partial charge in [0.25, 0.3) is 0 Å². The van der Waals surface area contributed by atoms with Gasteiger partial charge in [0, 0.05) is 24.5 Å². The number of thiophene rings is 1. The van der Waals surface area contributed by atoms with Crippen molar-refractivity contribution in [2.45, 2.75) is 32.6 Å². The van der Waals surface area contributed by atoms with Crippen LogP contribution in [0.4, 0.5) is 0 Å². The van der Waals surface area contributed by atoms with Gasteiger partial charge < -0.3 is 4.74 Å². The van der Waals surface area contributed by atoms with Crippen molar-refractivity contribution < 1.29 is 4.74 Å². The van der Waals surface area contributed by atoms with Crippen molar-refractivity contribution in [3.63, 3.8) is 0 Å². The summed E-state index contributed by atoms with van der Waals surface area (Å²) in [5.41, 5.74) is 0. The second-order valence-electron chi connectivity index (χ2n) is 4.16. The molecule has 2 heterocycles. The lowest BCUT2D eigenvalue weighted by atomic mass is 10.2. The molecule has 0 radical (unpaired) electrons. The van der Waals surface area contributed by atoms with E-state index in [0.717, 1.165) is 24.0 Å². The van der Waals surface area contributed by atoms with Crippen LogP contribution in [0, 0.1) is 0 Å². The number of morpholine rings is 1. The van der Waals surface area contributed by atoms with E-state index in [1.165, 1.54) is 4.88 Å². The van der Waals surface area contributed by atoms with Crippen LogP contribution in [0.1, 0.15) is 18.7 Å². The highest BCUT2D eigenvalue weighted by Crippen LogP contribution is 2.23. The third-order valence-electron chi connectivity index (χ3n) is 2.50. The standard InChI is InChI=1S/C11H16ClNOS/c1-8-5-13(6-9(2)14-8)7-10-3-4-11(12)15-10/h3-4,8-9H,5-7H2,1-2H3. The van der Waals surface area contributed by atoms with Gasteiger partial charge in [-0.3, -0.25) is 4.90 Å². The van der Waals surface area contributed by atoms with Crippen LogP contribution in [0.2, 0.25) is 4.34 Å². The summed E-state index contributed by atoms with van der Waals surface area (Å²) < 4.78 is 6.57. The predicted molar refractivity (Wildman–Crippen MR) is 64.6 cm³/mol. The third kappa shape index (κ3) is 3.18. The van der Waals surface area contributed by atoms with Gasteiger partial charge in [-0.1, -0.05) is 11.6 Å². The fourth-order valence-electron chi connectivity index (χ4n) is 2.07. The van der Waals surface area contributed by atoms with Gasteiger partial charge >= 0.3 is 0 Å². The maximum absolute atomic E-state index is 5.91. The molecule has 1 aromatic heterocycles. The van der Waals surface area contributed by atoms with E-state index in [-0.39, 0.29) is 0 Å². The molecular formula is C11H16ClNOS. The van der Waals surface area contributed by atoms with Gasteiger partial charge in [0.1, 0.15) is 0 Å². The van der Waals surface area contributed by atoms with Gasteiger partial charge in [0.2, 0.25) is 0 Å². The first-order chi connectivity index (χ1) is 7.13. The van der Waals surface area contributed by atoms with E-state index < -0.39 is 0 Å². The molecule has 0 saturated carbocycles. The van der Waals surface area contributed by atoms with E-state index in [0.29, 0.717) is 12.2 Å². The molecule has 0 aliphatic carbocycles. The molecule has 2 nitrogen and oxygen atoms in total. The molecule has 2 atom stereocenters. The van der Waals surface area contributed by atoms with Crippen molar-refractivity contribution in [2.75, 3.05) is 13.1 Å². The zero-order chi connectivity index (χ0) is 10.8. The number of hydrogen-bond acceptors (Lipinski definition) is 3. The monoisotopic (exact) mass is 245 g/mol. The zero-order valence-corrected chi connectivity index (χ0v) is 10.6. The zero-order valence-electron chi connectivity index (χ0n) is 9.07. The van der Waals surface area contributed by atoms with E-state index in [2.05, 4.69) is 24.8 Å². The molecule has 2 unspecified atom stereocenters. The molecule has 1 aliphatic heterocycles. The summed E-state index contributed by atoms with van der Waals surface area (Å²) in [5.74, 6) is 0. The van der Waals surface area contributed by atoms with Crippen molar-refractivity contribution in [3.05, 3.63) is 21.3 Å². The Balaban J connectivity index is 1.94. The van der Waals surface area contributed by atoms with Crippen LogP contribution in [-0.4, -0.2) is 30.2 Å². The summed E-state index contributed by atoms with van der Waals surface area (Å²) in [4.78, 5) is 3.77. The van der Waals surface area contributed by atoms with E-state index in [1.807, 2.05) is 6.07 Å². The summed E-state index contributed by atoms with van der Waals surface area (Å²) >= 11 is 7.58. The summed E-state index contributed by atoms with van der Waals surface area (Å²) in [6, 6.07) is 4.08. The number of nitrogens with zero attached hydrogens (tertiary/aromatic N) is 1. The molecule has 0 bridgehead atoms. The molecule has 0 N–H and O–H groups in total. The Hall–Kier alpha value is -0.0900. The lowest BCUT2D eigenvalue weighted by Crippen LogP contribution is -2.44. The van der Waals surface area contributed by atoms with Crippen LogP contribution >= 0.6 is 22.9 Å². The lowest BCUT2D eigenvalue weighted by Gasteiger charge is -2.34. The number of rotatable bonds is 2. The molecule has 1 aromatic rings. The third-order valence-corrected chi connectivity index (χ3v) is 3.72. The van der Waals surface area contributed by atoms with Gasteiger partial charge in [-0.2, -0.15) is 0 Å². The number of ether oxygens (including phenoxy) is 1. The highest BCUT2D eigenvalue weighted by Gasteiger charge is 2.22. The Morgan fingerprint density at radius 3 is 2.60 bits per heavy atom. The molecule has 84 valence electrons. The van der Waals surface area contributed by atoms with E-state index >= 15 is 0 Å². The predicted octanol–water partition coefficient (Wildman–Crippen LogP) is 3.01. The fourth-order valence-corrected chi connectivity index (χ4v) is 3.20. The molecule has 2 rings (SSSR count). The average molecular weight is 246 g/mol. The molecular weight excluding hydrogens is 230 g/mol. The molecule has 0 aromatic carbocycles. The minimum absolute atomic E-state index is 0.337. The topological polar surface area (TPSA) is 12.5 Å². The van der Waals surface area contributed by atoms with Crippen molar-refractivity contribution in [3.8, 4) is 0 Å². The maximum atomic E-state index is 5.91. The van der Waals surface area contributed by atoms with Crippen molar-refractivity contribution in [1.29, 1.82) is 0 Å². The van der Waals surface area contributed by atoms with E-state index in [4.69, 9.17) is 16.3 Å². The molecule has 0 spiro atoms. The minimum Gasteiger partial charge on any atom is -0.373 e. The Bertz CT molecular complexity index is 318. The second-order valence-corrected chi connectivity index (χ2v) is 5.96. The highest BCUT2D eigenvalue weighted by atomic mass is 35.5. The molecule has 1 fully saturated rings. The molecule has 15 heavy (non-hydrogen) atoms. The molecule has 4 heteroatoms. The first kappa shape index (κ1) is 11.4. The largest absolute Gasteiger partial charge is 0.373 e. The lowest BCUT2D eigenvalue weighted by molar-refractivity contribution is -0.0702. The fraction of sp³-hybridized carbons (Fsp3) is 0.636. The van der Waals surface area contributed by atoms with Gasteiger partial charge in [0.15, 0.2) is 0 Å². The van der Waals surface area contributed by atoms with Gasteiger partial charge in [-0.25, -0.2) is 0 Å². The van der Waals surface area contributed by atoms with E-state index in [1.54, 1.807) is 11.3 Å². The Kier molecular flexibility index (Phi) is 3.67. The van der Waals surface area contributed by atoms with Crippen molar-refractivity contribution in [2.24, 2.45) is 0 Å². The van der Waals surface area contributed by atoms with Crippen LogP contribution in [0.3, 0.4) is 0 Å². The normalized spacial score (nSPS) is 28.2. The van der Waals surface area contributed by atoms with Crippen LogP contribution in [0.5, 0.6) is 0 Å². The maximum Gasteiger partial charge on any atom is 0.0931 e. The summed E-state index contributed by atoms with van der Waals surface area (Å²) in [7, 11) is 0. The Morgan fingerprint density at radius 2 is 2.07 bits per heavy atom. The van der Waals surface area contributed by atoms with Crippen molar-refractivity contribution >= 4 is 22.9 Å². The van der Waals surface area contributed by atoms with Crippen LogP contribution in [0.15, 0.2) is 12.1 Å². The van der Waals surface area contributed by atoms with Crippen molar-refractivity contribution in [1.82, 2.24) is 4.90 Å². The average Bonchev–Trinajstić information content (AvgIpc) is 2.49. The van der Waals surface area contributed by atoms with Crippen LogP contribution < -0.4 is 0 Å². The van der Waals surface area contributed by atoms with Gasteiger partial charge in [-0.15, -0.1) is 11.3 Å². The summed E-state index contributed by atoms with van der Waals surface area (Å²) in [6.45, 7) is 7.28. The minimum atomic E-state index is 0.337. The van der Waals surface area contributed by atoms with Crippen LogP contribution in [-0.2, 0) is 11.3 Å². The Labute approximate surface area is 99.8 Å². The van der Waals surface area contributed by atoms with Crippen LogP contribution in [0.25, 0.3) is 0 Å².